The summed E-state index contributed by atoms with van der Waals surface area (Å²) in [5.41, 5.74) is -0.759. The van der Waals surface area contributed by atoms with Crippen molar-refractivity contribution in [3.63, 3.8) is 0 Å². The van der Waals surface area contributed by atoms with Crippen LogP contribution in [-0.4, -0.2) is 23.5 Å². The van der Waals surface area contributed by atoms with Crippen molar-refractivity contribution in [1.82, 2.24) is 5.32 Å². The molecule has 16 heavy (non-hydrogen) atoms. The lowest BCUT2D eigenvalue weighted by Crippen LogP contribution is -2.41. The topological polar surface area (TPSA) is 66.4 Å². The van der Waals surface area contributed by atoms with Gasteiger partial charge in [-0.2, -0.15) is 0 Å². The van der Waals surface area contributed by atoms with Crippen molar-refractivity contribution in [3.05, 3.63) is 0 Å². The van der Waals surface area contributed by atoms with E-state index >= 15 is 0 Å². The van der Waals surface area contributed by atoms with Crippen LogP contribution in [0.5, 0.6) is 0 Å². The summed E-state index contributed by atoms with van der Waals surface area (Å²) in [4.78, 5) is 22.7. The summed E-state index contributed by atoms with van der Waals surface area (Å²) in [6.07, 6.45) is 1.41. The van der Waals surface area contributed by atoms with Crippen LogP contribution in [0.2, 0.25) is 0 Å². The first-order chi connectivity index (χ1) is 7.23. The largest absolute Gasteiger partial charge is 0.481 e. The lowest BCUT2D eigenvalue weighted by atomic mass is 9.87. The number of hydrogen-bond acceptors (Lipinski definition) is 2. The molecular weight excluding hydrogens is 206 g/mol. The minimum Gasteiger partial charge on any atom is -0.481 e. The van der Waals surface area contributed by atoms with Crippen LogP contribution in [-0.2, 0) is 9.59 Å². The standard InChI is InChI=1S/C12H21NO3/c1-5-12(4,10(15)16)7-13-9(14)8-6-11(8,2)3/h8H,5-7H2,1-4H3,(H,13,14)(H,15,16). The Kier molecular flexibility index (Phi) is 3.31. The Morgan fingerprint density at radius 3 is 2.31 bits per heavy atom. The highest BCUT2D eigenvalue weighted by molar-refractivity contribution is 5.83. The maximum Gasteiger partial charge on any atom is 0.311 e. The maximum absolute atomic E-state index is 11.7. The van der Waals surface area contributed by atoms with E-state index in [4.69, 9.17) is 5.11 Å². The summed E-state index contributed by atoms with van der Waals surface area (Å²) in [6.45, 7) is 7.79. The van der Waals surface area contributed by atoms with Gasteiger partial charge in [-0.25, -0.2) is 0 Å². The first kappa shape index (κ1) is 13.0. The fourth-order valence-electron chi connectivity index (χ4n) is 1.67. The van der Waals surface area contributed by atoms with E-state index in [0.29, 0.717) is 6.42 Å². The molecule has 0 aromatic heterocycles. The molecule has 0 aromatic carbocycles. The molecule has 1 aliphatic carbocycles. The molecule has 0 heterocycles. The van der Waals surface area contributed by atoms with E-state index < -0.39 is 11.4 Å². The third-order valence-electron chi connectivity index (χ3n) is 3.78. The summed E-state index contributed by atoms with van der Waals surface area (Å²) < 4.78 is 0. The van der Waals surface area contributed by atoms with Gasteiger partial charge in [0, 0.05) is 12.5 Å². The molecule has 1 aliphatic rings. The van der Waals surface area contributed by atoms with Crippen LogP contribution >= 0.6 is 0 Å². The van der Waals surface area contributed by atoms with Crippen molar-refractivity contribution >= 4 is 11.9 Å². The molecule has 0 radical (unpaired) electrons. The number of rotatable bonds is 5. The van der Waals surface area contributed by atoms with Gasteiger partial charge < -0.3 is 10.4 Å². The van der Waals surface area contributed by atoms with Crippen molar-refractivity contribution in [2.24, 2.45) is 16.7 Å². The van der Waals surface area contributed by atoms with Gasteiger partial charge in [-0.05, 0) is 25.2 Å². The molecule has 4 heteroatoms. The molecular formula is C12H21NO3. The molecule has 2 unspecified atom stereocenters. The van der Waals surface area contributed by atoms with Crippen molar-refractivity contribution in [2.75, 3.05) is 6.54 Å². The van der Waals surface area contributed by atoms with Crippen LogP contribution < -0.4 is 5.32 Å². The van der Waals surface area contributed by atoms with Crippen molar-refractivity contribution in [3.8, 4) is 0 Å². The van der Waals surface area contributed by atoms with E-state index in [1.807, 2.05) is 20.8 Å². The second-order valence-electron chi connectivity index (χ2n) is 5.68. The third kappa shape index (κ3) is 2.54. The molecule has 1 saturated carbocycles. The zero-order valence-corrected chi connectivity index (χ0v) is 10.5. The summed E-state index contributed by atoms with van der Waals surface area (Å²) in [5.74, 6) is -0.807. The molecule has 0 spiro atoms. The number of hydrogen-bond donors (Lipinski definition) is 2. The number of nitrogens with one attached hydrogen (secondary N) is 1. The SMILES string of the molecule is CCC(C)(CNC(=O)C1CC1(C)C)C(=O)O. The van der Waals surface area contributed by atoms with Crippen LogP contribution in [0.15, 0.2) is 0 Å². The van der Waals surface area contributed by atoms with Crippen LogP contribution in [0.4, 0.5) is 0 Å². The number of amides is 1. The second kappa shape index (κ2) is 4.07. The molecule has 1 amide bonds. The Bertz CT molecular complexity index is 311. The van der Waals surface area contributed by atoms with E-state index in [1.54, 1.807) is 6.92 Å². The van der Waals surface area contributed by atoms with E-state index in [2.05, 4.69) is 5.32 Å². The number of carboxylic acid groups (broad SMARTS) is 1. The highest BCUT2D eigenvalue weighted by atomic mass is 16.4. The van der Waals surface area contributed by atoms with Gasteiger partial charge in [0.15, 0.2) is 0 Å². The number of aliphatic carboxylic acids is 1. The van der Waals surface area contributed by atoms with Gasteiger partial charge in [-0.15, -0.1) is 0 Å². The second-order valence-corrected chi connectivity index (χ2v) is 5.68. The normalized spacial score (nSPS) is 25.6. The molecule has 2 N–H and O–H groups in total. The number of carbonyl (C=O) groups is 2. The Balaban J connectivity index is 2.45. The predicted molar refractivity (Wildman–Crippen MR) is 60.9 cm³/mol. The number of carboxylic acids is 1. The highest BCUT2D eigenvalue weighted by Gasteiger charge is 2.50. The van der Waals surface area contributed by atoms with Crippen LogP contribution in [0.1, 0.15) is 40.5 Å². The lowest BCUT2D eigenvalue weighted by molar-refractivity contribution is -0.148. The average Bonchev–Trinajstić information content (AvgIpc) is 2.83. The average molecular weight is 227 g/mol. The Hall–Kier alpha value is -1.06. The molecule has 2 atom stereocenters. The smallest absolute Gasteiger partial charge is 0.311 e. The van der Waals surface area contributed by atoms with E-state index in [0.717, 1.165) is 6.42 Å². The van der Waals surface area contributed by atoms with Crippen molar-refractivity contribution < 1.29 is 14.7 Å². The Morgan fingerprint density at radius 1 is 1.50 bits per heavy atom. The van der Waals surface area contributed by atoms with Gasteiger partial charge in [0.2, 0.25) is 5.91 Å². The molecule has 0 bridgehead atoms. The molecule has 92 valence electrons. The Morgan fingerprint density at radius 2 is 2.00 bits per heavy atom. The maximum atomic E-state index is 11.7. The zero-order valence-electron chi connectivity index (χ0n) is 10.5. The van der Waals surface area contributed by atoms with Gasteiger partial charge in [0.05, 0.1) is 5.41 Å². The quantitative estimate of drug-likeness (QED) is 0.750. The molecule has 0 aromatic rings. The minimum absolute atomic E-state index is 0.00840. The van der Waals surface area contributed by atoms with E-state index in [-0.39, 0.29) is 23.8 Å². The Labute approximate surface area is 96.4 Å². The molecule has 1 rings (SSSR count). The predicted octanol–water partition coefficient (Wildman–Crippen LogP) is 1.65. The van der Waals surface area contributed by atoms with Crippen molar-refractivity contribution in [1.29, 1.82) is 0 Å². The summed E-state index contributed by atoms with van der Waals surface area (Å²) in [6, 6.07) is 0. The van der Waals surface area contributed by atoms with E-state index in [1.165, 1.54) is 0 Å². The number of carbonyl (C=O) groups excluding carboxylic acids is 1. The summed E-state index contributed by atoms with van der Waals surface area (Å²) in [7, 11) is 0. The first-order valence-corrected chi connectivity index (χ1v) is 5.74. The van der Waals surface area contributed by atoms with Gasteiger partial charge in [-0.3, -0.25) is 9.59 Å². The highest BCUT2D eigenvalue weighted by Crippen LogP contribution is 2.51. The zero-order chi connectivity index (χ0) is 12.6. The summed E-state index contributed by atoms with van der Waals surface area (Å²) >= 11 is 0. The lowest BCUT2D eigenvalue weighted by Gasteiger charge is -2.23. The molecule has 0 saturated heterocycles. The third-order valence-corrected chi connectivity index (χ3v) is 3.78. The van der Waals surface area contributed by atoms with Gasteiger partial charge in [0.1, 0.15) is 0 Å². The first-order valence-electron chi connectivity index (χ1n) is 5.74. The van der Waals surface area contributed by atoms with Crippen LogP contribution in [0, 0.1) is 16.7 Å². The molecule has 0 aliphatic heterocycles. The monoisotopic (exact) mass is 227 g/mol. The molecule has 4 nitrogen and oxygen atoms in total. The van der Waals surface area contributed by atoms with Crippen molar-refractivity contribution in [2.45, 2.75) is 40.5 Å². The minimum atomic E-state index is -0.856. The van der Waals surface area contributed by atoms with E-state index in [9.17, 15) is 9.59 Å². The van der Waals surface area contributed by atoms with Gasteiger partial charge in [0.25, 0.3) is 0 Å². The van der Waals surface area contributed by atoms with Crippen LogP contribution in [0.3, 0.4) is 0 Å². The van der Waals surface area contributed by atoms with Gasteiger partial charge in [-0.1, -0.05) is 20.8 Å². The van der Waals surface area contributed by atoms with Crippen LogP contribution in [0.25, 0.3) is 0 Å². The van der Waals surface area contributed by atoms with Gasteiger partial charge >= 0.3 is 5.97 Å². The fraction of sp³-hybridized carbons (Fsp3) is 0.833. The molecule has 1 fully saturated rings. The fourth-order valence-corrected chi connectivity index (χ4v) is 1.67. The summed E-state index contributed by atoms with van der Waals surface area (Å²) in [5, 5.41) is 11.8.